The number of hydrogen-bond donors (Lipinski definition) is 1. The van der Waals surface area contributed by atoms with Gasteiger partial charge in [0.05, 0.1) is 19.3 Å². The molecule has 3 rings (SSSR count). The maximum Gasteiger partial charge on any atom is 0.123 e. The number of aromatic nitrogens is 2. The predicted molar refractivity (Wildman–Crippen MR) is 86.3 cm³/mol. The molecule has 0 spiro atoms. The van der Waals surface area contributed by atoms with Crippen LogP contribution in [0.25, 0.3) is 0 Å². The van der Waals surface area contributed by atoms with E-state index in [1.165, 1.54) is 12.1 Å². The molecule has 1 aromatic heterocycles. The Morgan fingerprint density at radius 2 is 2.21 bits per heavy atom. The van der Waals surface area contributed by atoms with Gasteiger partial charge in [0.15, 0.2) is 0 Å². The summed E-state index contributed by atoms with van der Waals surface area (Å²) in [5, 5.41) is 14.3. The Morgan fingerprint density at radius 3 is 2.96 bits per heavy atom. The molecule has 0 radical (unpaired) electrons. The Bertz CT molecular complexity index is 606. The molecule has 0 saturated carbocycles. The van der Waals surface area contributed by atoms with E-state index in [0.717, 1.165) is 13.1 Å². The lowest BCUT2D eigenvalue weighted by Gasteiger charge is -2.33. The Labute approximate surface area is 140 Å². The van der Waals surface area contributed by atoms with Crippen LogP contribution in [0.5, 0.6) is 5.75 Å². The summed E-state index contributed by atoms with van der Waals surface area (Å²) in [6.07, 6.45) is 3.10. The summed E-state index contributed by atoms with van der Waals surface area (Å²) in [5.41, 5.74) is 0. The molecule has 1 N–H and O–H groups in total. The molecule has 2 aromatic rings. The number of nitrogens with zero attached hydrogens (tertiary/aromatic N) is 3. The van der Waals surface area contributed by atoms with Crippen molar-refractivity contribution >= 4 is 0 Å². The van der Waals surface area contributed by atoms with Crippen LogP contribution in [0.2, 0.25) is 0 Å². The largest absolute Gasteiger partial charge is 0.491 e. The molecular weight excluding hydrogens is 313 g/mol. The summed E-state index contributed by atoms with van der Waals surface area (Å²) in [6.45, 7) is 3.55. The number of benzene rings is 1. The first-order valence-electron chi connectivity index (χ1n) is 8.07. The van der Waals surface area contributed by atoms with Gasteiger partial charge in [0.2, 0.25) is 0 Å². The van der Waals surface area contributed by atoms with E-state index in [1.807, 2.05) is 16.9 Å². The Morgan fingerprint density at radius 1 is 1.38 bits per heavy atom. The lowest BCUT2D eigenvalue weighted by Crippen LogP contribution is -2.47. The zero-order valence-electron chi connectivity index (χ0n) is 13.4. The van der Waals surface area contributed by atoms with Crippen LogP contribution in [0.4, 0.5) is 4.39 Å². The Hall–Kier alpha value is -1.96. The minimum atomic E-state index is -0.612. The van der Waals surface area contributed by atoms with E-state index in [-0.39, 0.29) is 18.5 Å². The van der Waals surface area contributed by atoms with Gasteiger partial charge in [0.1, 0.15) is 24.3 Å². The number of morpholine rings is 1. The van der Waals surface area contributed by atoms with Crippen molar-refractivity contribution in [2.24, 2.45) is 0 Å². The molecule has 1 aliphatic heterocycles. The van der Waals surface area contributed by atoms with Crippen molar-refractivity contribution in [2.75, 3.05) is 32.8 Å². The fourth-order valence-corrected chi connectivity index (χ4v) is 2.75. The molecule has 24 heavy (non-hydrogen) atoms. The highest BCUT2D eigenvalue weighted by Gasteiger charge is 2.23. The number of ether oxygens (including phenoxy) is 2. The topological polar surface area (TPSA) is 59.8 Å². The molecule has 0 aliphatic carbocycles. The zero-order chi connectivity index (χ0) is 16.8. The van der Waals surface area contributed by atoms with Crippen molar-refractivity contribution < 1.29 is 19.0 Å². The van der Waals surface area contributed by atoms with Crippen LogP contribution in [0.1, 0.15) is 0 Å². The van der Waals surface area contributed by atoms with E-state index in [4.69, 9.17) is 9.47 Å². The normalized spacial score (nSPS) is 20.0. The van der Waals surface area contributed by atoms with Crippen molar-refractivity contribution in [3.8, 4) is 5.75 Å². The number of hydrogen-bond acceptors (Lipinski definition) is 5. The summed E-state index contributed by atoms with van der Waals surface area (Å²) in [5.74, 6) is 0.244. The highest BCUT2D eigenvalue weighted by molar-refractivity contribution is 5.22. The van der Waals surface area contributed by atoms with Crippen molar-refractivity contribution in [3.63, 3.8) is 0 Å². The van der Waals surface area contributed by atoms with Crippen LogP contribution < -0.4 is 4.74 Å². The van der Waals surface area contributed by atoms with Gasteiger partial charge in [-0.2, -0.15) is 5.10 Å². The van der Waals surface area contributed by atoms with Crippen LogP contribution in [0.3, 0.4) is 0 Å². The monoisotopic (exact) mass is 335 g/mol. The molecule has 1 saturated heterocycles. The Balaban J connectivity index is 1.41. The van der Waals surface area contributed by atoms with Crippen LogP contribution in [-0.4, -0.2) is 64.8 Å². The van der Waals surface area contributed by atoms with E-state index in [0.29, 0.717) is 25.4 Å². The molecule has 6 nitrogen and oxygen atoms in total. The average molecular weight is 335 g/mol. The standard InChI is InChI=1S/C17H22FN3O3/c18-14-2-4-16(5-3-14)24-13-15(22)10-20-8-9-23-17(11-20)12-21-7-1-6-19-21/h1-7,15,17,22H,8-13H2/t15-,17+/m1/s1. The smallest absolute Gasteiger partial charge is 0.123 e. The van der Waals surface area contributed by atoms with Gasteiger partial charge in [-0.25, -0.2) is 4.39 Å². The number of aliphatic hydroxyl groups excluding tert-OH is 1. The van der Waals surface area contributed by atoms with Crippen LogP contribution >= 0.6 is 0 Å². The highest BCUT2D eigenvalue weighted by atomic mass is 19.1. The molecular formula is C17H22FN3O3. The molecule has 1 fully saturated rings. The molecule has 0 bridgehead atoms. The summed E-state index contributed by atoms with van der Waals surface area (Å²) in [7, 11) is 0. The average Bonchev–Trinajstić information content (AvgIpc) is 3.08. The minimum absolute atomic E-state index is 0.0591. The molecule has 130 valence electrons. The first kappa shape index (κ1) is 16.9. The van der Waals surface area contributed by atoms with Gasteiger partial charge in [-0.1, -0.05) is 0 Å². The fourth-order valence-electron chi connectivity index (χ4n) is 2.75. The molecule has 7 heteroatoms. The molecule has 1 aromatic carbocycles. The highest BCUT2D eigenvalue weighted by Crippen LogP contribution is 2.12. The van der Waals surface area contributed by atoms with Gasteiger partial charge in [0, 0.05) is 32.0 Å². The summed E-state index contributed by atoms with van der Waals surface area (Å²) in [4.78, 5) is 2.16. The lowest BCUT2D eigenvalue weighted by atomic mass is 10.2. The molecule has 2 heterocycles. The van der Waals surface area contributed by atoms with Crippen molar-refractivity contribution in [1.82, 2.24) is 14.7 Å². The SMILES string of the molecule is O[C@@H](COc1ccc(F)cc1)CN1CCO[C@H](Cn2cccn2)C1. The van der Waals surface area contributed by atoms with Gasteiger partial charge in [-0.05, 0) is 30.3 Å². The molecule has 0 amide bonds. The maximum absolute atomic E-state index is 12.8. The van der Waals surface area contributed by atoms with E-state index in [2.05, 4.69) is 10.00 Å². The maximum atomic E-state index is 12.8. The Kier molecular flexibility index (Phi) is 5.79. The number of halogens is 1. The number of aliphatic hydroxyl groups is 1. The fraction of sp³-hybridized carbons (Fsp3) is 0.471. The van der Waals surface area contributed by atoms with E-state index < -0.39 is 6.10 Å². The molecule has 2 atom stereocenters. The number of β-amino-alcohol motifs (C(OH)–C–C–N with tert-alkyl or cyclic N) is 1. The first-order chi connectivity index (χ1) is 11.7. The second kappa shape index (κ2) is 8.23. The second-order valence-corrected chi connectivity index (χ2v) is 5.90. The van der Waals surface area contributed by atoms with Crippen LogP contribution in [0.15, 0.2) is 42.7 Å². The van der Waals surface area contributed by atoms with Crippen molar-refractivity contribution in [3.05, 3.63) is 48.5 Å². The van der Waals surface area contributed by atoms with Gasteiger partial charge >= 0.3 is 0 Å². The quantitative estimate of drug-likeness (QED) is 0.823. The van der Waals surface area contributed by atoms with Crippen LogP contribution in [-0.2, 0) is 11.3 Å². The van der Waals surface area contributed by atoms with Crippen molar-refractivity contribution in [2.45, 2.75) is 18.8 Å². The van der Waals surface area contributed by atoms with E-state index >= 15 is 0 Å². The summed E-state index contributed by atoms with van der Waals surface area (Å²) >= 11 is 0. The second-order valence-electron chi connectivity index (χ2n) is 5.90. The first-order valence-corrected chi connectivity index (χ1v) is 8.07. The van der Waals surface area contributed by atoms with Gasteiger partial charge in [-0.15, -0.1) is 0 Å². The van der Waals surface area contributed by atoms with E-state index in [9.17, 15) is 9.50 Å². The van der Waals surface area contributed by atoms with Crippen LogP contribution in [0, 0.1) is 5.82 Å². The third kappa shape index (κ3) is 5.02. The van der Waals surface area contributed by atoms with Gasteiger partial charge < -0.3 is 14.6 Å². The predicted octanol–water partition coefficient (Wildman–Crippen LogP) is 1.16. The molecule has 1 aliphatic rings. The lowest BCUT2D eigenvalue weighted by molar-refractivity contribution is -0.0517. The third-order valence-electron chi connectivity index (χ3n) is 3.90. The van der Waals surface area contributed by atoms with Gasteiger partial charge in [0.25, 0.3) is 0 Å². The summed E-state index contributed by atoms with van der Waals surface area (Å²) < 4.78 is 25.9. The zero-order valence-corrected chi connectivity index (χ0v) is 13.4. The minimum Gasteiger partial charge on any atom is -0.491 e. The summed E-state index contributed by atoms with van der Waals surface area (Å²) in [6, 6.07) is 7.66. The third-order valence-corrected chi connectivity index (χ3v) is 3.90. The van der Waals surface area contributed by atoms with Gasteiger partial charge in [-0.3, -0.25) is 9.58 Å². The van der Waals surface area contributed by atoms with Crippen molar-refractivity contribution in [1.29, 1.82) is 0 Å². The van der Waals surface area contributed by atoms with E-state index in [1.54, 1.807) is 18.3 Å². The number of rotatable bonds is 7. The molecule has 0 unspecified atom stereocenters.